The minimum atomic E-state index is -1.38. The fraction of sp³-hybridized carbons (Fsp3) is 0.100. The van der Waals surface area contributed by atoms with Crippen LogP contribution in [0, 0.1) is 0 Å². The molecule has 0 fully saturated rings. The molecule has 0 spiro atoms. The third-order valence-electron chi connectivity index (χ3n) is 4.15. The topological polar surface area (TPSA) is 177 Å². The monoisotopic (exact) mass is 425 g/mol. The first-order chi connectivity index (χ1) is 14.8. The summed E-state index contributed by atoms with van der Waals surface area (Å²) >= 11 is 0. The molecule has 160 valence electrons. The van der Waals surface area contributed by atoms with Crippen molar-refractivity contribution in [2.24, 2.45) is 0 Å². The van der Waals surface area contributed by atoms with E-state index in [0.29, 0.717) is 6.54 Å². The maximum atomic E-state index is 12.2. The molecule has 7 N–H and O–H groups in total. The average Bonchev–Trinajstić information content (AvgIpc) is 2.74. The van der Waals surface area contributed by atoms with E-state index in [1.54, 1.807) is 12.1 Å². The molecule has 1 aromatic heterocycles. The van der Waals surface area contributed by atoms with Gasteiger partial charge in [0, 0.05) is 6.54 Å². The largest absolute Gasteiger partial charge is 0.508 e. The minimum Gasteiger partial charge on any atom is -0.508 e. The van der Waals surface area contributed by atoms with Crippen molar-refractivity contribution in [2.75, 3.05) is 10.6 Å². The summed E-state index contributed by atoms with van der Waals surface area (Å²) in [6.07, 6.45) is 1.16. The molecule has 11 nitrogen and oxygen atoms in total. The second-order valence-electron chi connectivity index (χ2n) is 6.41. The molecule has 0 aliphatic carbocycles. The molecule has 0 saturated heterocycles. The lowest BCUT2D eigenvalue weighted by Gasteiger charge is -2.16. The Labute approximate surface area is 176 Å². The summed E-state index contributed by atoms with van der Waals surface area (Å²) in [5, 5.41) is 45.5. The Morgan fingerprint density at radius 3 is 2.13 bits per heavy atom. The summed E-state index contributed by atoms with van der Waals surface area (Å²) in [5.74, 6) is -1.63. The molecule has 0 bridgehead atoms. The molecular formula is C20H19N5O6. The Balaban J connectivity index is 1.62. The predicted octanol–water partition coefficient (Wildman–Crippen LogP) is 2.15. The van der Waals surface area contributed by atoms with Gasteiger partial charge in [0.05, 0.1) is 6.20 Å². The number of amides is 2. The Bertz CT molecular complexity index is 1070. The number of urea groups is 1. The van der Waals surface area contributed by atoms with Crippen molar-refractivity contribution in [1.82, 2.24) is 15.3 Å². The Hall–Kier alpha value is -4.54. The van der Waals surface area contributed by atoms with Crippen LogP contribution in [0.1, 0.15) is 17.2 Å². The number of carbonyl (C=O) groups excluding carboxylic acids is 1. The zero-order chi connectivity index (χ0) is 22.4. The third-order valence-corrected chi connectivity index (χ3v) is 4.15. The molecule has 2 aromatic carbocycles. The number of carboxylic acids is 1. The van der Waals surface area contributed by atoms with E-state index >= 15 is 0 Å². The summed E-state index contributed by atoms with van der Waals surface area (Å²) in [4.78, 5) is 31.5. The average molecular weight is 425 g/mol. The Kier molecular flexibility index (Phi) is 6.36. The maximum absolute atomic E-state index is 12.2. The van der Waals surface area contributed by atoms with Crippen LogP contribution >= 0.6 is 0 Å². The van der Waals surface area contributed by atoms with E-state index in [1.807, 2.05) is 0 Å². The lowest BCUT2D eigenvalue weighted by molar-refractivity contribution is -0.139. The normalized spacial score (nSPS) is 11.4. The number of nitrogens with one attached hydrogen (secondary N) is 3. The number of nitrogens with zero attached hydrogens (tertiary/aromatic N) is 2. The summed E-state index contributed by atoms with van der Waals surface area (Å²) in [6.45, 7) is 0.333. The van der Waals surface area contributed by atoms with Gasteiger partial charge in [0.25, 0.3) is 0 Å². The highest BCUT2D eigenvalue weighted by atomic mass is 16.4. The van der Waals surface area contributed by atoms with Crippen LogP contribution in [0.5, 0.6) is 17.4 Å². The molecule has 1 unspecified atom stereocenters. The first-order valence-electron chi connectivity index (χ1n) is 8.99. The van der Waals surface area contributed by atoms with Gasteiger partial charge in [-0.15, -0.1) is 0 Å². The highest BCUT2D eigenvalue weighted by Crippen LogP contribution is 2.22. The molecule has 1 atom stereocenters. The lowest BCUT2D eigenvalue weighted by Crippen LogP contribution is -2.36. The molecule has 3 rings (SSSR count). The number of hydrogen-bond acceptors (Lipinski definition) is 8. The summed E-state index contributed by atoms with van der Waals surface area (Å²) in [5.41, 5.74) is 0.966. The van der Waals surface area contributed by atoms with E-state index < -0.39 is 23.9 Å². The van der Waals surface area contributed by atoms with E-state index in [4.69, 9.17) is 0 Å². The summed E-state index contributed by atoms with van der Waals surface area (Å²) in [7, 11) is 0. The van der Waals surface area contributed by atoms with E-state index in [2.05, 4.69) is 25.9 Å². The van der Waals surface area contributed by atoms with Gasteiger partial charge in [0.15, 0.2) is 6.04 Å². The smallest absolute Gasteiger partial charge is 0.330 e. The highest BCUT2D eigenvalue weighted by Gasteiger charge is 2.22. The van der Waals surface area contributed by atoms with Gasteiger partial charge in [-0.2, -0.15) is 4.98 Å². The fourth-order valence-electron chi connectivity index (χ4n) is 2.59. The number of aliphatic carboxylic acids is 1. The van der Waals surface area contributed by atoms with Gasteiger partial charge >= 0.3 is 12.0 Å². The van der Waals surface area contributed by atoms with Crippen LogP contribution < -0.4 is 16.0 Å². The number of carboxylic acid groups (broad SMARTS) is 1. The van der Waals surface area contributed by atoms with E-state index in [-0.39, 0.29) is 28.7 Å². The van der Waals surface area contributed by atoms with Gasteiger partial charge in [0.1, 0.15) is 17.2 Å². The maximum Gasteiger partial charge on any atom is 0.330 e. The first kappa shape index (κ1) is 21.2. The van der Waals surface area contributed by atoms with Crippen molar-refractivity contribution in [1.29, 1.82) is 0 Å². The van der Waals surface area contributed by atoms with Gasteiger partial charge in [0.2, 0.25) is 11.8 Å². The summed E-state index contributed by atoms with van der Waals surface area (Å²) in [6, 6.07) is 9.52. The van der Waals surface area contributed by atoms with Crippen molar-refractivity contribution in [2.45, 2.75) is 12.6 Å². The number of carbonyl (C=O) groups is 2. The van der Waals surface area contributed by atoms with Crippen molar-refractivity contribution in [3.05, 3.63) is 65.9 Å². The number of aromatic nitrogens is 2. The molecule has 0 saturated carbocycles. The van der Waals surface area contributed by atoms with Crippen molar-refractivity contribution in [3.8, 4) is 17.4 Å². The number of hydrogen-bond donors (Lipinski definition) is 7. The number of aromatic hydroxyl groups is 3. The number of rotatable bonds is 7. The van der Waals surface area contributed by atoms with Crippen LogP contribution in [-0.4, -0.2) is 42.4 Å². The van der Waals surface area contributed by atoms with Gasteiger partial charge in [-0.3, -0.25) is 0 Å². The van der Waals surface area contributed by atoms with Crippen molar-refractivity contribution in [3.63, 3.8) is 0 Å². The quantitative estimate of drug-likeness (QED) is 0.299. The molecule has 3 aromatic rings. The molecule has 0 aliphatic heterocycles. The van der Waals surface area contributed by atoms with Crippen LogP contribution in [0.4, 0.5) is 16.4 Å². The van der Waals surface area contributed by atoms with Crippen molar-refractivity contribution < 1.29 is 30.0 Å². The number of phenolic OH excluding ortho intramolecular Hbond substituents is 2. The first-order valence-corrected chi connectivity index (χ1v) is 8.99. The Morgan fingerprint density at radius 1 is 0.935 bits per heavy atom. The van der Waals surface area contributed by atoms with Crippen LogP contribution in [0.15, 0.2) is 54.7 Å². The molecule has 31 heavy (non-hydrogen) atoms. The molecule has 1 heterocycles. The van der Waals surface area contributed by atoms with Crippen LogP contribution in [0.2, 0.25) is 0 Å². The van der Waals surface area contributed by atoms with Crippen LogP contribution in [-0.2, 0) is 11.3 Å². The van der Waals surface area contributed by atoms with E-state index in [9.17, 15) is 30.0 Å². The SMILES string of the molecule is O=C(Nc1cnc(NCc2ccc(O)cc2)nc1O)NC(C(=O)O)c1ccc(O)cc1. The minimum absolute atomic E-state index is 0.0430. The van der Waals surface area contributed by atoms with Crippen molar-refractivity contribution >= 4 is 23.6 Å². The lowest BCUT2D eigenvalue weighted by atomic mass is 10.1. The van der Waals surface area contributed by atoms with E-state index in [0.717, 1.165) is 11.8 Å². The van der Waals surface area contributed by atoms with Crippen LogP contribution in [0.3, 0.4) is 0 Å². The molecule has 2 amide bonds. The Morgan fingerprint density at radius 2 is 1.55 bits per heavy atom. The second-order valence-corrected chi connectivity index (χ2v) is 6.41. The van der Waals surface area contributed by atoms with Gasteiger partial charge < -0.3 is 36.4 Å². The fourth-order valence-corrected chi connectivity index (χ4v) is 2.59. The number of anilines is 2. The highest BCUT2D eigenvalue weighted by molar-refractivity contribution is 5.93. The number of benzene rings is 2. The zero-order valence-corrected chi connectivity index (χ0v) is 16.0. The van der Waals surface area contributed by atoms with Crippen LogP contribution in [0.25, 0.3) is 0 Å². The number of phenols is 2. The predicted molar refractivity (Wildman–Crippen MR) is 110 cm³/mol. The molecule has 11 heteroatoms. The second kappa shape index (κ2) is 9.31. The van der Waals surface area contributed by atoms with Gasteiger partial charge in [-0.05, 0) is 35.4 Å². The molecule has 0 radical (unpaired) electrons. The third kappa shape index (κ3) is 5.73. The zero-order valence-electron chi connectivity index (χ0n) is 16.0. The summed E-state index contributed by atoms with van der Waals surface area (Å²) < 4.78 is 0. The van der Waals surface area contributed by atoms with Gasteiger partial charge in [-0.1, -0.05) is 24.3 Å². The molecule has 0 aliphatic rings. The van der Waals surface area contributed by atoms with Gasteiger partial charge in [-0.25, -0.2) is 14.6 Å². The van der Waals surface area contributed by atoms with E-state index in [1.165, 1.54) is 36.4 Å². The molecular weight excluding hydrogens is 406 g/mol. The standard InChI is InChI=1S/C20H19N5O6/c26-13-5-1-11(2-6-13)9-21-19-22-10-15(17(28)25-19)23-20(31)24-16(18(29)30)12-3-7-14(27)8-4-12/h1-8,10,16,26-27H,9H2,(H,29,30)(H2,23,24,31)(H2,21,22,25,28).